The zero-order valence-electron chi connectivity index (χ0n) is 12.3. The molecule has 108 valence electrons. The van der Waals surface area contributed by atoms with E-state index in [1.54, 1.807) is 18.9 Å². The number of nitrogens with one attached hydrogen (secondary N) is 1. The molecular formula is C16H22N2OS. The zero-order chi connectivity index (χ0) is 14.4. The SMILES string of the molecule is COc1cc(C(C)C)ccc1C=CCNC1=NCCS1. The molecule has 0 saturated heterocycles. The summed E-state index contributed by atoms with van der Waals surface area (Å²) in [5.74, 6) is 2.54. The van der Waals surface area contributed by atoms with Crippen LogP contribution in [-0.2, 0) is 0 Å². The first-order valence-corrected chi connectivity index (χ1v) is 7.95. The summed E-state index contributed by atoms with van der Waals surface area (Å²) in [5.41, 5.74) is 2.41. The van der Waals surface area contributed by atoms with E-state index in [1.165, 1.54) is 5.56 Å². The van der Waals surface area contributed by atoms with Crippen LogP contribution in [0.5, 0.6) is 5.75 Å². The summed E-state index contributed by atoms with van der Waals surface area (Å²) < 4.78 is 5.47. The van der Waals surface area contributed by atoms with Crippen LogP contribution in [0.25, 0.3) is 6.08 Å². The number of nitrogens with zero attached hydrogens (tertiary/aromatic N) is 1. The van der Waals surface area contributed by atoms with Crippen molar-refractivity contribution in [1.82, 2.24) is 5.32 Å². The highest BCUT2D eigenvalue weighted by Gasteiger charge is 2.06. The Balaban J connectivity index is 1.97. The molecule has 0 aliphatic carbocycles. The molecule has 1 aromatic carbocycles. The molecule has 0 fully saturated rings. The molecule has 1 aliphatic rings. The lowest BCUT2D eigenvalue weighted by Gasteiger charge is -2.10. The number of hydrogen-bond donors (Lipinski definition) is 1. The molecule has 0 saturated carbocycles. The maximum atomic E-state index is 5.47. The first kappa shape index (κ1) is 15.0. The van der Waals surface area contributed by atoms with Gasteiger partial charge in [-0.25, -0.2) is 0 Å². The van der Waals surface area contributed by atoms with Crippen molar-refractivity contribution in [2.75, 3.05) is 26.0 Å². The Morgan fingerprint density at radius 1 is 1.45 bits per heavy atom. The molecule has 0 unspecified atom stereocenters. The fourth-order valence-corrected chi connectivity index (χ4v) is 2.74. The minimum atomic E-state index is 0.515. The molecule has 1 N–H and O–H groups in total. The van der Waals surface area contributed by atoms with Gasteiger partial charge in [0.1, 0.15) is 5.75 Å². The summed E-state index contributed by atoms with van der Waals surface area (Å²) >= 11 is 1.78. The van der Waals surface area contributed by atoms with Crippen molar-refractivity contribution in [1.29, 1.82) is 0 Å². The second-order valence-corrected chi connectivity index (χ2v) is 6.06. The van der Waals surface area contributed by atoms with Gasteiger partial charge >= 0.3 is 0 Å². The highest BCUT2D eigenvalue weighted by atomic mass is 32.2. The van der Waals surface area contributed by atoms with Crippen LogP contribution in [0.2, 0.25) is 0 Å². The van der Waals surface area contributed by atoms with Crippen LogP contribution in [0.4, 0.5) is 0 Å². The first-order valence-electron chi connectivity index (χ1n) is 6.96. The molecule has 0 radical (unpaired) electrons. The Labute approximate surface area is 125 Å². The number of benzene rings is 1. The van der Waals surface area contributed by atoms with Gasteiger partial charge in [0, 0.05) is 17.9 Å². The smallest absolute Gasteiger partial charge is 0.156 e. The Kier molecular flexibility index (Phi) is 5.53. The van der Waals surface area contributed by atoms with Crippen molar-refractivity contribution < 1.29 is 4.74 Å². The maximum absolute atomic E-state index is 5.47. The predicted octanol–water partition coefficient (Wildman–Crippen LogP) is 3.52. The van der Waals surface area contributed by atoms with E-state index in [0.29, 0.717) is 5.92 Å². The van der Waals surface area contributed by atoms with Crippen LogP contribution < -0.4 is 10.1 Å². The van der Waals surface area contributed by atoms with Crippen LogP contribution in [0.1, 0.15) is 30.9 Å². The standard InChI is InChI=1S/C16H22N2OS/c1-12(2)14-7-6-13(15(11-14)19-3)5-4-8-17-16-18-9-10-20-16/h4-7,11-12H,8-10H2,1-3H3,(H,17,18). The molecule has 1 heterocycles. The van der Waals surface area contributed by atoms with Gasteiger partial charge in [-0.2, -0.15) is 0 Å². The van der Waals surface area contributed by atoms with E-state index in [4.69, 9.17) is 4.74 Å². The lowest BCUT2D eigenvalue weighted by molar-refractivity contribution is 0.413. The Bertz CT molecular complexity index is 509. The van der Waals surface area contributed by atoms with Gasteiger partial charge in [-0.15, -0.1) is 0 Å². The van der Waals surface area contributed by atoms with Crippen molar-refractivity contribution in [3.05, 3.63) is 35.4 Å². The van der Waals surface area contributed by atoms with Gasteiger partial charge in [-0.3, -0.25) is 4.99 Å². The summed E-state index contributed by atoms with van der Waals surface area (Å²) in [6.07, 6.45) is 4.20. The van der Waals surface area contributed by atoms with Crippen molar-refractivity contribution in [3.8, 4) is 5.75 Å². The largest absolute Gasteiger partial charge is 0.496 e. The number of methoxy groups -OCH3 is 1. The molecule has 4 heteroatoms. The van der Waals surface area contributed by atoms with Gasteiger partial charge in [-0.1, -0.05) is 49.9 Å². The highest BCUT2D eigenvalue weighted by molar-refractivity contribution is 8.14. The average molecular weight is 290 g/mol. The molecule has 0 amide bonds. The van der Waals surface area contributed by atoms with Gasteiger partial charge in [0.25, 0.3) is 0 Å². The van der Waals surface area contributed by atoms with E-state index in [2.05, 4.69) is 54.5 Å². The number of hydrogen-bond acceptors (Lipinski definition) is 4. The van der Waals surface area contributed by atoms with Gasteiger partial charge < -0.3 is 10.1 Å². The van der Waals surface area contributed by atoms with E-state index >= 15 is 0 Å². The van der Waals surface area contributed by atoms with Crippen LogP contribution in [0.3, 0.4) is 0 Å². The fourth-order valence-electron chi connectivity index (χ4n) is 2.00. The minimum Gasteiger partial charge on any atom is -0.496 e. The Hall–Kier alpha value is -1.42. The number of ether oxygens (including phenoxy) is 1. The van der Waals surface area contributed by atoms with E-state index < -0.39 is 0 Å². The molecule has 0 bridgehead atoms. The second-order valence-electron chi connectivity index (χ2n) is 4.97. The molecule has 3 nitrogen and oxygen atoms in total. The number of amidine groups is 1. The van der Waals surface area contributed by atoms with Gasteiger partial charge in [-0.05, 0) is 17.5 Å². The third kappa shape index (κ3) is 4.04. The van der Waals surface area contributed by atoms with Crippen LogP contribution in [0, 0.1) is 0 Å². The van der Waals surface area contributed by atoms with Crippen molar-refractivity contribution in [3.63, 3.8) is 0 Å². The van der Waals surface area contributed by atoms with E-state index in [9.17, 15) is 0 Å². The first-order chi connectivity index (χ1) is 9.70. The normalized spacial score (nSPS) is 14.9. The lowest BCUT2D eigenvalue weighted by Crippen LogP contribution is -2.18. The number of rotatable bonds is 5. The molecule has 0 atom stereocenters. The Morgan fingerprint density at radius 3 is 2.95 bits per heavy atom. The minimum absolute atomic E-state index is 0.515. The third-order valence-electron chi connectivity index (χ3n) is 3.18. The monoisotopic (exact) mass is 290 g/mol. The fraction of sp³-hybridized carbons (Fsp3) is 0.438. The number of aliphatic imine (C=N–C) groups is 1. The predicted molar refractivity (Wildman–Crippen MR) is 88.9 cm³/mol. The Morgan fingerprint density at radius 2 is 2.30 bits per heavy atom. The van der Waals surface area contributed by atoms with Gasteiger partial charge in [0.2, 0.25) is 0 Å². The zero-order valence-corrected chi connectivity index (χ0v) is 13.2. The van der Waals surface area contributed by atoms with Crippen LogP contribution in [0.15, 0.2) is 29.3 Å². The lowest BCUT2D eigenvalue weighted by atomic mass is 10.0. The molecule has 1 aliphatic heterocycles. The molecular weight excluding hydrogens is 268 g/mol. The summed E-state index contributed by atoms with van der Waals surface area (Å²) in [6.45, 7) is 6.10. The molecule has 0 spiro atoms. The second kappa shape index (κ2) is 7.39. The molecule has 2 rings (SSSR count). The van der Waals surface area contributed by atoms with E-state index in [-0.39, 0.29) is 0 Å². The van der Waals surface area contributed by atoms with Gasteiger partial charge in [0.15, 0.2) is 5.17 Å². The van der Waals surface area contributed by atoms with Crippen molar-refractivity contribution in [2.45, 2.75) is 19.8 Å². The van der Waals surface area contributed by atoms with Crippen molar-refractivity contribution in [2.24, 2.45) is 4.99 Å². The molecule has 20 heavy (non-hydrogen) atoms. The molecule has 0 aromatic heterocycles. The van der Waals surface area contributed by atoms with E-state index in [0.717, 1.165) is 35.3 Å². The highest BCUT2D eigenvalue weighted by Crippen LogP contribution is 2.25. The third-order valence-corrected chi connectivity index (χ3v) is 4.11. The quantitative estimate of drug-likeness (QED) is 0.900. The number of thioether (sulfide) groups is 1. The summed E-state index contributed by atoms with van der Waals surface area (Å²) in [7, 11) is 1.72. The summed E-state index contributed by atoms with van der Waals surface area (Å²) in [6, 6.07) is 6.40. The van der Waals surface area contributed by atoms with E-state index in [1.807, 2.05) is 0 Å². The summed E-state index contributed by atoms with van der Waals surface area (Å²) in [4.78, 5) is 4.35. The van der Waals surface area contributed by atoms with Crippen LogP contribution in [-0.4, -0.2) is 31.1 Å². The average Bonchev–Trinajstić information content (AvgIpc) is 2.96. The molecule has 1 aromatic rings. The van der Waals surface area contributed by atoms with Crippen LogP contribution >= 0.6 is 11.8 Å². The van der Waals surface area contributed by atoms with Gasteiger partial charge in [0.05, 0.1) is 13.7 Å². The topological polar surface area (TPSA) is 33.6 Å². The van der Waals surface area contributed by atoms with Crippen molar-refractivity contribution >= 4 is 23.0 Å². The summed E-state index contributed by atoms with van der Waals surface area (Å²) in [5, 5.41) is 4.36. The maximum Gasteiger partial charge on any atom is 0.156 e.